The summed E-state index contributed by atoms with van der Waals surface area (Å²) in [6.45, 7) is 7.00. The van der Waals surface area contributed by atoms with Crippen molar-refractivity contribution >= 4 is 0 Å². The van der Waals surface area contributed by atoms with Crippen LogP contribution in [0.3, 0.4) is 0 Å². The molecule has 0 aromatic heterocycles. The van der Waals surface area contributed by atoms with Crippen LogP contribution in [-0.4, -0.2) is 0 Å². The fraction of sp³-hybridized carbons (Fsp3) is 0.917. The molecule has 0 bridgehead atoms. The van der Waals surface area contributed by atoms with Gasteiger partial charge in [-0.15, -0.1) is 11.8 Å². The lowest BCUT2D eigenvalue weighted by atomic mass is 9.97. The topological polar surface area (TPSA) is 0 Å². The van der Waals surface area contributed by atoms with Gasteiger partial charge in [-0.3, -0.25) is 0 Å². The standard InChI is InChI=1S/C24H46/c1-4-6-8-10-12-13-14-15-17-19-21-23-24(3)22-20-18-16-11-9-7-5-2/h24H,4-14,16,18-23H2,1-3H3. The van der Waals surface area contributed by atoms with E-state index in [2.05, 4.69) is 32.6 Å². The highest BCUT2D eigenvalue weighted by molar-refractivity contribution is 4.98. The average molecular weight is 335 g/mol. The predicted octanol–water partition coefficient (Wildman–Crippen LogP) is 8.69. The highest BCUT2D eigenvalue weighted by Gasteiger charge is 2.01. The minimum absolute atomic E-state index is 0.904. The molecule has 0 saturated carbocycles. The summed E-state index contributed by atoms with van der Waals surface area (Å²) < 4.78 is 0. The maximum Gasteiger partial charge on any atom is 0.00887 e. The Labute approximate surface area is 154 Å². The van der Waals surface area contributed by atoms with Crippen LogP contribution in [0.15, 0.2) is 0 Å². The molecule has 0 saturated heterocycles. The van der Waals surface area contributed by atoms with Gasteiger partial charge in [0, 0.05) is 12.8 Å². The van der Waals surface area contributed by atoms with Crippen LogP contribution in [-0.2, 0) is 0 Å². The Balaban J connectivity index is 3.25. The van der Waals surface area contributed by atoms with Crippen LogP contribution in [0.1, 0.15) is 136 Å². The van der Waals surface area contributed by atoms with Crippen LogP contribution in [0.2, 0.25) is 0 Å². The van der Waals surface area contributed by atoms with Crippen LogP contribution in [0.25, 0.3) is 0 Å². The molecule has 0 heteroatoms. The molecular weight excluding hydrogens is 288 g/mol. The van der Waals surface area contributed by atoms with Gasteiger partial charge in [0.1, 0.15) is 0 Å². The van der Waals surface area contributed by atoms with Crippen LogP contribution in [0.4, 0.5) is 0 Å². The van der Waals surface area contributed by atoms with Crippen LogP contribution < -0.4 is 0 Å². The SMILES string of the molecule is CCCCCCCCC#CCCCC(C)CCCCCCCCC. The first-order valence-electron chi connectivity index (χ1n) is 11.3. The van der Waals surface area contributed by atoms with E-state index in [1.807, 2.05) is 0 Å². The molecule has 0 rings (SSSR count). The van der Waals surface area contributed by atoms with Crippen molar-refractivity contribution in [2.45, 2.75) is 136 Å². The smallest absolute Gasteiger partial charge is 0.00887 e. The van der Waals surface area contributed by atoms with E-state index in [-0.39, 0.29) is 0 Å². The minimum atomic E-state index is 0.904. The summed E-state index contributed by atoms with van der Waals surface area (Å²) >= 11 is 0. The van der Waals surface area contributed by atoms with Crippen molar-refractivity contribution in [1.82, 2.24) is 0 Å². The molecule has 0 aliphatic rings. The summed E-state index contributed by atoms with van der Waals surface area (Å²) in [6.07, 6.45) is 24.7. The molecule has 1 unspecified atom stereocenters. The monoisotopic (exact) mass is 334 g/mol. The summed E-state index contributed by atoms with van der Waals surface area (Å²) in [7, 11) is 0. The van der Waals surface area contributed by atoms with Crippen LogP contribution in [0.5, 0.6) is 0 Å². The van der Waals surface area contributed by atoms with Crippen molar-refractivity contribution < 1.29 is 0 Å². The molecule has 0 spiro atoms. The molecule has 0 aliphatic heterocycles. The maximum absolute atomic E-state index is 3.39. The first kappa shape index (κ1) is 23.6. The Morgan fingerprint density at radius 3 is 1.50 bits per heavy atom. The average Bonchev–Trinajstić information content (AvgIpc) is 2.59. The zero-order valence-corrected chi connectivity index (χ0v) is 17.3. The lowest BCUT2D eigenvalue weighted by Crippen LogP contribution is -1.94. The van der Waals surface area contributed by atoms with Gasteiger partial charge in [-0.2, -0.15) is 0 Å². The molecular formula is C24H46. The lowest BCUT2D eigenvalue weighted by molar-refractivity contribution is 0.446. The number of hydrogen-bond donors (Lipinski definition) is 0. The highest BCUT2D eigenvalue weighted by atomic mass is 14.1. The number of hydrogen-bond acceptors (Lipinski definition) is 0. The van der Waals surface area contributed by atoms with E-state index in [4.69, 9.17) is 0 Å². The van der Waals surface area contributed by atoms with Crippen LogP contribution >= 0.6 is 0 Å². The molecule has 0 aromatic rings. The Bertz CT molecular complexity index is 280. The normalized spacial score (nSPS) is 12.0. The zero-order chi connectivity index (χ0) is 17.7. The summed E-state index contributed by atoms with van der Waals surface area (Å²) in [5, 5.41) is 0. The van der Waals surface area contributed by atoms with E-state index >= 15 is 0 Å². The van der Waals surface area contributed by atoms with E-state index in [1.165, 1.54) is 103 Å². The Hall–Kier alpha value is -0.440. The van der Waals surface area contributed by atoms with Gasteiger partial charge in [0.05, 0.1) is 0 Å². The summed E-state index contributed by atoms with van der Waals surface area (Å²) in [5.41, 5.74) is 0. The highest BCUT2D eigenvalue weighted by Crippen LogP contribution is 2.17. The Kier molecular flexibility index (Phi) is 20.2. The predicted molar refractivity (Wildman–Crippen MR) is 111 cm³/mol. The molecule has 0 amide bonds. The van der Waals surface area contributed by atoms with Crippen molar-refractivity contribution in [1.29, 1.82) is 0 Å². The van der Waals surface area contributed by atoms with Gasteiger partial charge in [-0.25, -0.2) is 0 Å². The fourth-order valence-electron chi connectivity index (χ4n) is 3.30. The van der Waals surface area contributed by atoms with Crippen LogP contribution in [0, 0.1) is 17.8 Å². The molecule has 0 aromatic carbocycles. The van der Waals surface area contributed by atoms with E-state index in [0.29, 0.717) is 0 Å². The second-order valence-electron chi connectivity index (χ2n) is 7.78. The van der Waals surface area contributed by atoms with E-state index < -0.39 is 0 Å². The van der Waals surface area contributed by atoms with E-state index in [1.54, 1.807) is 0 Å². The third-order valence-corrected chi connectivity index (χ3v) is 5.08. The largest absolute Gasteiger partial charge is 0.103 e. The lowest BCUT2D eigenvalue weighted by Gasteiger charge is -2.09. The minimum Gasteiger partial charge on any atom is -0.103 e. The van der Waals surface area contributed by atoms with Gasteiger partial charge in [0.2, 0.25) is 0 Å². The molecule has 24 heavy (non-hydrogen) atoms. The fourth-order valence-corrected chi connectivity index (χ4v) is 3.30. The van der Waals surface area contributed by atoms with Gasteiger partial charge in [0.25, 0.3) is 0 Å². The summed E-state index contributed by atoms with van der Waals surface area (Å²) in [4.78, 5) is 0. The maximum atomic E-state index is 3.39. The zero-order valence-electron chi connectivity index (χ0n) is 17.3. The van der Waals surface area contributed by atoms with Crippen molar-refractivity contribution in [3.63, 3.8) is 0 Å². The molecule has 0 nitrogen and oxygen atoms in total. The molecule has 0 heterocycles. The number of rotatable bonds is 17. The molecule has 0 radical (unpaired) electrons. The Morgan fingerprint density at radius 2 is 0.917 bits per heavy atom. The van der Waals surface area contributed by atoms with Gasteiger partial charge in [-0.1, -0.05) is 104 Å². The first-order chi connectivity index (χ1) is 11.8. The van der Waals surface area contributed by atoms with Crippen molar-refractivity contribution in [2.24, 2.45) is 5.92 Å². The molecule has 1 atom stereocenters. The molecule has 0 fully saturated rings. The second kappa shape index (κ2) is 20.6. The summed E-state index contributed by atoms with van der Waals surface area (Å²) in [6, 6.07) is 0. The van der Waals surface area contributed by atoms with Crippen molar-refractivity contribution in [2.75, 3.05) is 0 Å². The Morgan fingerprint density at radius 1 is 0.500 bits per heavy atom. The molecule has 142 valence electrons. The third-order valence-electron chi connectivity index (χ3n) is 5.08. The van der Waals surface area contributed by atoms with E-state index in [9.17, 15) is 0 Å². The third kappa shape index (κ3) is 19.6. The van der Waals surface area contributed by atoms with Gasteiger partial charge < -0.3 is 0 Å². The quantitative estimate of drug-likeness (QED) is 0.184. The number of unbranched alkanes of at least 4 members (excludes halogenated alkanes) is 13. The van der Waals surface area contributed by atoms with Gasteiger partial charge in [0.15, 0.2) is 0 Å². The molecule has 0 N–H and O–H groups in total. The summed E-state index contributed by atoms with van der Waals surface area (Å²) in [5.74, 6) is 7.67. The van der Waals surface area contributed by atoms with Crippen molar-refractivity contribution in [3.8, 4) is 11.8 Å². The van der Waals surface area contributed by atoms with Gasteiger partial charge in [-0.05, 0) is 25.2 Å². The second-order valence-corrected chi connectivity index (χ2v) is 7.78. The van der Waals surface area contributed by atoms with E-state index in [0.717, 1.165) is 18.8 Å². The van der Waals surface area contributed by atoms with Crippen molar-refractivity contribution in [3.05, 3.63) is 0 Å². The van der Waals surface area contributed by atoms with Gasteiger partial charge >= 0.3 is 0 Å². The first-order valence-corrected chi connectivity index (χ1v) is 11.3. The molecule has 0 aliphatic carbocycles.